The highest BCUT2D eigenvalue weighted by molar-refractivity contribution is 7.92. The number of carbonyl (C=O) groups is 1. The molecule has 34 heavy (non-hydrogen) atoms. The largest absolute Gasteiger partial charge is 0.396 e. The van der Waals surface area contributed by atoms with Gasteiger partial charge in [-0.1, -0.05) is 65.7 Å². The maximum Gasteiger partial charge on any atom is 0.211 e. The number of sulfone groups is 1. The zero-order valence-electron chi connectivity index (χ0n) is 19.5. The van der Waals surface area contributed by atoms with E-state index < -0.39 is 9.84 Å². The normalized spacial score (nSPS) is 11.4. The Balaban J connectivity index is 1.92. The molecule has 1 heterocycles. The van der Waals surface area contributed by atoms with Crippen molar-refractivity contribution < 1.29 is 13.2 Å². The van der Waals surface area contributed by atoms with E-state index in [1.807, 2.05) is 45.9 Å². The van der Waals surface area contributed by atoms with Crippen LogP contribution < -0.4 is 11.1 Å². The SMILES string of the molecule is Cc1ccc(S(=O)(=O)c2c(Nc3c(C)cc(C)cc3C)sc(C(=O)c3ccccc3)c2N)cc1. The molecule has 0 radical (unpaired) electrons. The molecular weight excluding hydrogens is 464 g/mol. The van der Waals surface area contributed by atoms with Crippen LogP contribution >= 0.6 is 11.3 Å². The van der Waals surface area contributed by atoms with Crippen molar-refractivity contribution >= 4 is 43.3 Å². The molecule has 0 aliphatic rings. The van der Waals surface area contributed by atoms with Crippen LogP contribution in [0, 0.1) is 27.7 Å². The van der Waals surface area contributed by atoms with Gasteiger partial charge in [0.15, 0.2) is 0 Å². The third kappa shape index (κ3) is 4.36. The van der Waals surface area contributed by atoms with E-state index in [4.69, 9.17) is 5.73 Å². The molecule has 4 aromatic rings. The summed E-state index contributed by atoms with van der Waals surface area (Å²) in [5, 5.41) is 3.62. The van der Waals surface area contributed by atoms with Gasteiger partial charge in [0.05, 0.1) is 10.6 Å². The maximum absolute atomic E-state index is 13.7. The summed E-state index contributed by atoms with van der Waals surface area (Å²) in [7, 11) is -4.00. The molecule has 0 unspecified atom stereocenters. The molecule has 0 aliphatic heterocycles. The molecule has 0 aliphatic carbocycles. The Hall–Kier alpha value is -3.42. The van der Waals surface area contributed by atoms with Gasteiger partial charge in [0.2, 0.25) is 15.6 Å². The second kappa shape index (κ2) is 9.08. The highest BCUT2D eigenvalue weighted by atomic mass is 32.2. The van der Waals surface area contributed by atoms with Gasteiger partial charge in [0, 0.05) is 11.3 Å². The number of benzene rings is 3. The molecule has 3 aromatic carbocycles. The van der Waals surface area contributed by atoms with Crippen molar-refractivity contribution in [3.05, 3.63) is 99.4 Å². The minimum Gasteiger partial charge on any atom is -0.396 e. The predicted octanol–water partition coefficient (Wildman–Crippen LogP) is 6.37. The lowest BCUT2D eigenvalue weighted by Gasteiger charge is -2.14. The van der Waals surface area contributed by atoms with Crippen LogP contribution in [0.1, 0.15) is 37.5 Å². The highest BCUT2D eigenvalue weighted by Gasteiger charge is 2.32. The summed E-state index contributed by atoms with van der Waals surface area (Å²) in [5.74, 6) is -0.311. The minimum atomic E-state index is -4.00. The summed E-state index contributed by atoms with van der Waals surface area (Å²) in [4.78, 5) is 13.5. The van der Waals surface area contributed by atoms with Gasteiger partial charge in [-0.05, 0) is 51.0 Å². The first-order chi connectivity index (χ1) is 16.1. The van der Waals surface area contributed by atoms with Gasteiger partial charge in [-0.25, -0.2) is 8.42 Å². The number of ketones is 1. The fourth-order valence-corrected chi connectivity index (χ4v) is 6.91. The van der Waals surface area contributed by atoms with Crippen LogP contribution in [0.2, 0.25) is 0 Å². The fourth-order valence-electron chi connectivity index (χ4n) is 3.99. The van der Waals surface area contributed by atoms with Gasteiger partial charge in [-0.2, -0.15) is 0 Å². The molecule has 7 heteroatoms. The van der Waals surface area contributed by atoms with Crippen molar-refractivity contribution in [3.63, 3.8) is 0 Å². The summed E-state index contributed by atoms with van der Waals surface area (Å²) < 4.78 is 27.5. The monoisotopic (exact) mass is 490 g/mol. The number of nitrogens with two attached hydrogens (primary N) is 1. The quantitative estimate of drug-likeness (QED) is 0.307. The molecule has 0 saturated heterocycles. The summed E-state index contributed by atoms with van der Waals surface area (Å²) in [6, 6.07) is 19.4. The van der Waals surface area contributed by atoms with Crippen LogP contribution in [0.5, 0.6) is 0 Å². The first-order valence-corrected chi connectivity index (χ1v) is 13.1. The fraction of sp³-hybridized carbons (Fsp3) is 0.148. The number of aryl methyl sites for hydroxylation is 4. The van der Waals surface area contributed by atoms with Crippen LogP contribution in [0.15, 0.2) is 76.5 Å². The summed E-state index contributed by atoms with van der Waals surface area (Å²) >= 11 is 1.07. The molecule has 1 aromatic heterocycles. The Morgan fingerprint density at radius 2 is 1.44 bits per heavy atom. The van der Waals surface area contributed by atoms with Gasteiger partial charge in [-0.3, -0.25) is 4.79 Å². The molecule has 4 rings (SSSR count). The van der Waals surface area contributed by atoms with E-state index in [2.05, 4.69) is 5.32 Å². The van der Waals surface area contributed by atoms with E-state index in [0.717, 1.165) is 39.3 Å². The average Bonchev–Trinajstić information content (AvgIpc) is 3.13. The van der Waals surface area contributed by atoms with E-state index in [1.54, 1.807) is 48.5 Å². The van der Waals surface area contributed by atoms with Crippen molar-refractivity contribution in [2.75, 3.05) is 11.1 Å². The van der Waals surface area contributed by atoms with E-state index in [0.29, 0.717) is 10.6 Å². The first kappa shape index (κ1) is 23.7. The van der Waals surface area contributed by atoms with Crippen molar-refractivity contribution in [2.45, 2.75) is 37.5 Å². The predicted molar refractivity (Wildman–Crippen MR) is 139 cm³/mol. The lowest BCUT2D eigenvalue weighted by molar-refractivity contribution is 0.104. The molecule has 3 N–H and O–H groups in total. The lowest BCUT2D eigenvalue weighted by atomic mass is 10.1. The maximum atomic E-state index is 13.7. The summed E-state index contributed by atoms with van der Waals surface area (Å²) in [5.41, 5.74) is 11.6. The summed E-state index contributed by atoms with van der Waals surface area (Å²) in [6.45, 7) is 7.83. The molecule has 0 atom stereocenters. The van der Waals surface area contributed by atoms with E-state index >= 15 is 0 Å². The van der Waals surface area contributed by atoms with Gasteiger partial charge in [-0.15, -0.1) is 11.3 Å². The number of carbonyl (C=O) groups excluding carboxylic acids is 1. The van der Waals surface area contributed by atoms with Gasteiger partial charge < -0.3 is 11.1 Å². The zero-order chi connectivity index (χ0) is 24.6. The Labute approximate surface area is 204 Å². The molecule has 0 saturated carbocycles. The van der Waals surface area contributed by atoms with Gasteiger partial charge in [0.1, 0.15) is 14.8 Å². The minimum absolute atomic E-state index is 0.0376. The summed E-state index contributed by atoms with van der Waals surface area (Å²) in [6.07, 6.45) is 0. The van der Waals surface area contributed by atoms with E-state index in [9.17, 15) is 13.2 Å². The molecule has 0 spiro atoms. The average molecular weight is 491 g/mol. The van der Waals surface area contributed by atoms with Crippen LogP contribution in [0.25, 0.3) is 0 Å². The zero-order valence-corrected chi connectivity index (χ0v) is 21.1. The highest BCUT2D eigenvalue weighted by Crippen LogP contribution is 2.44. The van der Waals surface area contributed by atoms with Gasteiger partial charge in [0.25, 0.3) is 0 Å². The van der Waals surface area contributed by atoms with E-state index in [1.165, 1.54) is 0 Å². The second-order valence-electron chi connectivity index (χ2n) is 8.41. The Kier molecular flexibility index (Phi) is 6.34. The Bertz CT molecular complexity index is 1460. The van der Waals surface area contributed by atoms with Crippen LogP contribution in [0.4, 0.5) is 16.4 Å². The molecule has 0 amide bonds. The molecule has 5 nitrogen and oxygen atoms in total. The van der Waals surface area contributed by atoms with Crippen molar-refractivity contribution in [3.8, 4) is 0 Å². The lowest BCUT2D eigenvalue weighted by Crippen LogP contribution is -2.09. The molecule has 0 bridgehead atoms. The molecule has 0 fully saturated rings. The third-order valence-corrected chi connectivity index (χ3v) is 8.76. The molecular formula is C27H26N2O3S2. The Morgan fingerprint density at radius 3 is 2.03 bits per heavy atom. The first-order valence-electron chi connectivity index (χ1n) is 10.8. The van der Waals surface area contributed by atoms with Crippen LogP contribution in [-0.2, 0) is 9.84 Å². The number of hydrogen-bond donors (Lipinski definition) is 2. The van der Waals surface area contributed by atoms with Crippen LogP contribution in [-0.4, -0.2) is 14.2 Å². The number of nitrogen functional groups attached to an aromatic ring is 1. The number of anilines is 3. The number of nitrogens with one attached hydrogen (secondary N) is 1. The standard InChI is InChI=1S/C27H26N2O3S2/c1-16-10-12-21(13-11-16)34(31,32)26-22(28)25(24(30)20-8-6-5-7-9-20)33-27(26)29-23-18(3)14-17(2)15-19(23)4/h5-15,29H,28H2,1-4H3. The van der Waals surface area contributed by atoms with Crippen LogP contribution in [0.3, 0.4) is 0 Å². The van der Waals surface area contributed by atoms with Crippen molar-refractivity contribution in [1.82, 2.24) is 0 Å². The second-order valence-corrected chi connectivity index (χ2v) is 11.3. The topological polar surface area (TPSA) is 89.3 Å². The Morgan fingerprint density at radius 1 is 0.853 bits per heavy atom. The molecule has 174 valence electrons. The smallest absolute Gasteiger partial charge is 0.211 e. The van der Waals surface area contributed by atoms with Gasteiger partial charge >= 0.3 is 0 Å². The van der Waals surface area contributed by atoms with E-state index in [-0.39, 0.29) is 26.1 Å². The van der Waals surface area contributed by atoms with Crippen molar-refractivity contribution in [1.29, 1.82) is 0 Å². The number of hydrogen-bond acceptors (Lipinski definition) is 6. The number of thiophene rings is 1. The third-order valence-electron chi connectivity index (χ3n) is 5.66. The number of rotatable bonds is 6. The van der Waals surface area contributed by atoms with Crippen molar-refractivity contribution in [2.24, 2.45) is 0 Å².